The number of hydrogen-bond acceptors (Lipinski definition) is 4. The number of aliphatic carboxylic acids is 1. The van der Waals surface area contributed by atoms with Crippen LogP contribution in [0.25, 0.3) is 0 Å². The first-order chi connectivity index (χ1) is 8.86. The number of aliphatic hydroxyl groups excluding tert-OH is 1. The van der Waals surface area contributed by atoms with E-state index in [1.807, 2.05) is 37.9 Å². The molecule has 0 aliphatic rings. The molecule has 2 N–H and O–H groups in total. The summed E-state index contributed by atoms with van der Waals surface area (Å²) in [5.74, 6) is -0.177. The van der Waals surface area contributed by atoms with E-state index in [0.29, 0.717) is 0 Å². The zero-order chi connectivity index (χ0) is 14.6. The molecule has 0 radical (unpaired) electrons. The number of benzene rings is 1. The van der Waals surface area contributed by atoms with Crippen LogP contribution in [0.2, 0.25) is 0 Å². The second-order valence-corrected chi connectivity index (χ2v) is 4.67. The average Bonchev–Trinajstić information content (AvgIpc) is 2.31. The molecule has 0 spiro atoms. The van der Waals surface area contributed by atoms with Crippen molar-refractivity contribution in [2.45, 2.75) is 26.4 Å². The second kappa shape index (κ2) is 6.43. The predicted octanol–water partition coefficient (Wildman–Crippen LogP) is 1.58. The molecule has 0 fully saturated rings. The summed E-state index contributed by atoms with van der Waals surface area (Å²) >= 11 is 0. The van der Waals surface area contributed by atoms with Gasteiger partial charge >= 0.3 is 5.97 Å². The SMILES string of the molecule is COc1ccc(N(C)CC(O)CC(=O)O)c(C)c1C. The number of aliphatic hydroxyl groups is 1. The molecule has 0 aliphatic heterocycles. The first-order valence-corrected chi connectivity index (χ1v) is 6.12. The smallest absolute Gasteiger partial charge is 0.306 e. The quantitative estimate of drug-likeness (QED) is 0.819. The van der Waals surface area contributed by atoms with E-state index in [9.17, 15) is 9.90 Å². The molecule has 1 rings (SSSR count). The maximum atomic E-state index is 10.5. The van der Waals surface area contributed by atoms with Crippen LogP contribution in [0, 0.1) is 13.8 Å². The van der Waals surface area contributed by atoms with Gasteiger partial charge in [0, 0.05) is 19.3 Å². The van der Waals surface area contributed by atoms with Gasteiger partial charge in [0.15, 0.2) is 0 Å². The number of rotatable bonds is 6. The lowest BCUT2D eigenvalue weighted by Gasteiger charge is -2.25. The number of likely N-dealkylation sites (N-methyl/N-ethyl adjacent to an activating group) is 1. The van der Waals surface area contributed by atoms with E-state index < -0.39 is 12.1 Å². The van der Waals surface area contributed by atoms with Crippen molar-refractivity contribution in [1.29, 1.82) is 0 Å². The molecule has 1 aromatic carbocycles. The van der Waals surface area contributed by atoms with Gasteiger partial charge in [-0.1, -0.05) is 0 Å². The van der Waals surface area contributed by atoms with E-state index in [4.69, 9.17) is 9.84 Å². The van der Waals surface area contributed by atoms with Gasteiger partial charge in [0.1, 0.15) is 5.75 Å². The number of hydrogen-bond donors (Lipinski definition) is 2. The van der Waals surface area contributed by atoms with Crippen LogP contribution in [0.3, 0.4) is 0 Å². The third-order valence-corrected chi connectivity index (χ3v) is 3.23. The van der Waals surface area contributed by atoms with Gasteiger partial charge in [0.05, 0.1) is 19.6 Å². The van der Waals surface area contributed by atoms with Crippen LogP contribution >= 0.6 is 0 Å². The highest BCUT2D eigenvalue weighted by Gasteiger charge is 2.15. The lowest BCUT2D eigenvalue weighted by Crippen LogP contribution is -2.31. The minimum atomic E-state index is -0.997. The molecule has 0 bridgehead atoms. The number of carboxylic acids is 1. The second-order valence-electron chi connectivity index (χ2n) is 4.67. The summed E-state index contributed by atoms with van der Waals surface area (Å²) in [7, 11) is 3.46. The third-order valence-electron chi connectivity index (χ3n) is 3.23. The van der Waals surface area contributed by atoms with Crippen molar-refractivity contribution in [1.82, 2.24) is 0 Å². The Kier molecular flexibility index (Phi) is 5.18. The topological polar surface area (TPSA) is 70.0 Å². The van der Waals surface area contributed by atoms with Crippen molar-refractivity contribution >= 4 is 11.7 Å². The summed E-state index contributed by atoms with van der Waals surface area (Å²) < 4.78 is 5.25. The Balaban J connectivity index is 2.85. The Morgan fingerprint density at radius 3 is 2.53 bits per heavy atom. The minimum Gasteiger partial charge on any atom is -0.496 e. The highest BCUT2D eigenvalue weighted by Crippen LogP contribution is 2.29. The summed E-state index contributed by atoms with van der Waals surface area (Å²) in [5.41, 5.74) is 3.06. The highest BCUT2D eigenvalue weighted by atomic mass is 16.5. The van der Waals surface area contributed by atoms with Crippen LogP contribution in [0.15, 0.2) is 12.1 Å². The molecular formula is C14H21NO4. The van der Waals surface area contributed by atoms with E-state index in [2.05, 4.69) is 0 Å². The summed E-state index contributed by atoms with van der Waals surface area (Å²) in [4.78, 5) is 12.4. The number of methoxy groups -OCH3 is 1. The van der Waals surface area contributed by atoms with Crippen LogP contribution in [-0.4, -0.2) is 43.0 Å². The van der Waals surface area contributed by atoms with Crippen molar-refractivity contribution in [2.75, 3.05) is 25.6 Å². The highest BCUT2D eigenvalue weighted by molar-refractivity contribution is 5.67. The molecule has 1 unspecified atom stereocenters. The molecule has 19 heavy (non-hydrogen) atoms. The number of ether oxygens (including phenoxy) is 1. The molecular weight excluding hydrogens is 246 g/mol. The number of carbonyl (C=O) groups is 1. The van der Waals surface area contributed by atoms with E-state index in [1.165, 1.54) is 0 Å². The summed E-state index contributed by atoms with van der Waals surface area (Å²) in [6.45, 7) is 4.23. The first kappa shape index (κ1) is 15.3. The van der Waals surface area contributed by atoms with Crippen molar-refractivity contribution in [2.24, 2.45) is 0 Å². The zero-order valence-electron chi connectivity index (χ0n) is 11.8. The van der Waals surface area contributed by atoms with Gasteiger partial charge in [0.25, 0.3) is 0 Å². The number of carboxylic acid groups (broad SMARTS) is 1. The maximum Gasteiger partial charge on any atom is 0.306 e. The third kappa shape index (κ3) is 3.86. The van der Waals surface area contributed by atoms with Gasteiger partial charge in [-0.25, -0.2) is 0 Å². The van der Waals surface area contributed by atoms with Crippen molar-refractivity contribution < 1.29 is 19.7 Å². The van der Waals surface area contributed by atoms with Gasteiger partial charge in [0.2, 0.25) is 0 Å². The van der Waals surface area contributed by atoms with Crippen LogP contribution in [-0.2, 0) is 4.79 Å². The van der Waals surface area contributed by atoms with Gasteiger partial charge < -0.3 is 19.8 Å². The number of nitrogens with zero attached hydrogens (tertiary/aromatic N) is 1. The Labute approximate surface area is 113 Å². The monoisotopic (exact) mass is 267 g/mol. The van der Waals surface area contributed by atoms with Crippen LogP contribution in [0.1, 0.15) is 17.5 Å². The van der Waals surface area contributed by atoms with Crippen LogP contribution < -0.4 is 9.64 Å². The molecule has 5 heteroatoms. The number of anilines is 1. The first-order valence-electron chi connectivity index (χ1n) is 6.12. The van der Waals surface area contributed by atoms with Gasteiger partial charge in [-0.05, 0) is 37.1 Å². The normalized spacial score (nSPS) is 12.1. The Hall–Kier alpha value is -1.75. The van der Waals surface area contributed by atoms with Gasteiger partial charge in [-0.15, -0.1) is 0 Å². The van der Waals surface area contributed by atoms with E-state index in [1.54, 1.807) is 7.11 Å². The average molecular weight is 267 g/mol. The summed E-state index contributed by atoms with van der Waals surface area (Å²) in [6, 6.07) is 3.78. The minimum absolute atomic E-state index is 0.251. The fourth-order valence-electron chi connectivity index (χ4n) is 2.10. The van der Waals surface area contributed by atoms with E-state index >= 15 is 0 Å². The molecule has 0 heterocycles. The molecule has 0 aromatic heterocycles. The standard InChI is InChI=1S/C14H21NO4/c1-9-10(2)13(19-4)6-5-12(9)15(3)8-11(16)7-14(17)18/h5-6,11,16H,7-8H2,1-4H3,(H,17,18). The zero-order valence-corrected chi connectivity index (χ0v) is 11.8. The summed E-state index contributed by atoms with van der Waals surface area (Å²) in [6.07, 6.45) is -1.14. The van der Waals surface area contributed by atoms with Crippen molar-refractivity contribution in [3.63, 3.8) is 0 Å². The van der Waals surface area contributed by atoms with Gasteiger partial charge in [-0.3, -0.25) is 4.79 Å². The van der Waals surface area contributed by atoms with Gasteiger partial charge in [-0.2, -0.15) is 0 Å². The fourth-order valence-corrected chi connectivity index (χ4v) is 2.10. The molecule has 0 aliphatic carbocycles. The van der Waals surface area contributed by atoms with Crippen molar-refractivity contribution in [3.8, 4) is 5.75 Å². The lowest BCUT2D eigenvalue weighted by molar-refractivity contribution is -0.139. The fraction of sp³-hybridized carbons (Fsp3) is 0.500. The molecule has 106 valence electrons. The van der Waals surface area contributed by atoms with E-state index in [0.717, 1.165) is 22.6 Å². The molecule has 0 amide bonds. The Morgan fingerprint density at radius 2 is 2.00 bits per heavy atom. The van der Waals surface area contributed by atoms with Crippen LogP contribution in [0.4, 0.5) is 5.69 Å². The molecule has 0 saturated carbocycles. The Morgan fingerprint density at radius 1 is 1.37 bits per heavy atom. The van der Waals surface area contributed by atoms with Crippen LogP contribution in [0.5, 0.6) is 5.75 Å². The predicted molar refractivity (Wildman–Crippen MR) is 74.0 cm³/mol. The summed E-state index contributed by atoms with van der Waals surface area (Å²) in [5, 5.41) is 18.3. The Bertz CT molecular complexity index is 459. The molecule has 0 saturated heterocycles. The van der Waals surface area contributed by atoms with E-state index in [-0.39, 0.29) is 13.0 Å². The molecule has 1 atom stereocenters. The lowest BCUT2D eigenvalue weighted by atomic mass is 10.1. The van der Waals surface area contributed by atoms with Crippen molar-refractivity contribution in [3.05, 3.63) is 23.3 Å². The maximum absolute atomic E-state index is 10.5. The largest absolute Gasteiger partial charge is 0.496 e. The molecule has 1 aromatic rings. The molecule has 5 nitrogen and oxygen atoms in total.